The van der Waals surface area contributed by atoms with E-state index in [1.807, 2.05) is 53.4 Å². The van der Waals surface area contributed by atoms with Crippen LogP contribution in [0, 0.1) is 0 Å². The molecule has 2 amide bonds. The molecule has 1 aromatic heterocycles. The SMILES string of the molecule is CN(C[C@H]1CCCN1C(=O)Nc1cccc2cccnc12)c1ccccc1. The van der Waals surface area contributed by atoms with E-state index in [9.17, 15) is 4.79 Å². The van der Waals surface area contributed by atoms with Crippen LogP contribution in [0.3, 0.4) is 0 Å². The van der Waals surface area contributed by atoms with Gasteiger partial charge in [-0.05, 0) is 37.1 Å². The first-order valence-electron chi connectivity index (χ1n) is 9.40. The van der Waals surface area contributed by atoms with Gasteiger partial charge in [0.25, 0.3) is 0 Å². The Bertz CT molecular complexity index is 923. The summed E-state index contributed by atoms with van der Waals surface area (Å²) in [7, 11) is 2.08. The highest BCUT2D eigenvalue weighted by molar-refractivity contribution is 5.99. The molecule has 2 heterocycles. The van der Waals surface area contributed by atoms with E-state index in [2.05, 4.69) is 34.4 Å². The molecule has 1 aliphatic rings. The first-order valence-corrected chi connectivity index (χ1v) is 9.40. The molecule has 2 aromatic carbocycles. The van der Waals surface area contributed by atoms with Gasteiger partial charge in [0.05, 0.1) is 17.2 Å². The zero-order valence-electron chi connectivity index (χ0n) is 15.5. The number of pyridine rings is 1. The monoisotopic (exact) mass is 360 g/mol. The number of hydrogen-bond acceptors (Lipinski definition) is 3. The topological polar surface area (TPSA) is 48.5 Å². The maximum absolute atomic E-state index is 13.0. The fourth-order valence-corrected chi connectivity index (χ4v) is 3.79. The molecule has 0 radical (unpaired) electrons. The summed E-state index contributed by atoms with van der Waals surface area (Å²) in [6.07, 6.45) is 3.82. The van der Waals surface area contributed by atoms with Crippen LogP contribution in [0.25, 0.3) is 10.9 Å². The molecule has 0 aliphatic carbocycles. The standard InChI is InChI=1S/C22H24N4O/c1-25(18-10-3-2-4-11-18)16-19-12-7-15-26(19)22(27)24-20-13-5-8-17-9-6-14-23-21(17)20/h2-6,8-11,13-14,19H,7,12,15-16H2,1H3,(H,24,27)/t19-/m1/s1. The first-order chi connectivity index (χ1) is 13.2. The number of nitrogens with zero attached hydrogens (tertiary/aromatic N) is 3. The van der Waals surface area contributed by atoms with E-state index >= 15 is 0 Å². The van der Waals surface area contributed by atoms with Gasteiger partial charge < -0.3 is 15.1 Å². The molecule has 5 nitrogen and oxygen atoms in total. The molecular formula is C22H24N4O. The summed E-state index contributed by atoms with van der Waals surface area (Å²) in [4.78, 5) is 21.6. The van der Waals surface area contributed by atoms with E-state index in [0.29, 0.717) is 0 Å². The number of likely N-dealkylation sites (N-methyl/N-ethyl adjacent to an activating group) is 1. The van der Waals surface area contributed by atoms with Gasteiger partial charge in [0.1, 0.15) is 0 Å². The Morgan fingerprint density at radius 2 is 1.96 bits per heavy atom. The molecule has 5 heteroatoms. The van der Waals surface area contributed by atoms with Crippen molar-refractivity contribution in [2.45, 2.75) is 18.9 Å². The third-order valence-corrected chi connectivity index (χ3v) is 5.19. The van der Waals surface area contributed by atoms with Crippen LogP contribution in [0.2, 0.25) is 0 Å². The lowest BCUT2D eigenvalue weighted by Gasteiger charge is -2.30. The average molecular weight is 360 g/mol. The Morgan fingerprint density at radius 1 is 1.15 bits per heavy atom. The van der Waals surface area contributed by atoms with Gasteiger partial charge in [0, 0.05) is 37.4 Å². The summed E-state index contributed by atoms with van der Waals surface area (Å²) < 4.78 is 0. The van der Waals surface area contributed by atoms with Gasteiger partial charge in [-0.1, -0.05) is 36.4 Å². The number of benzene rings is 2. The van der Waals surface area contributed by atoms with Crippen molar-refractivity contribution in [2.24, 2.45) is 0 Å². The van der Waals surface area contributed by atoms with Crippen LogP contribution in [0.5, 0.6) is 0 Å². The average Bonchev–Trinajstić information content (AvgIpc) is 3.17. The number of rotatable bonds is 4. The van der Waals surface area contributed by atoms with Crippen molar-refractivity contribution < 1.29 is 4.79 Å². The van der Waals surface area contributed by atoms with Crippen LogP contribution in [-0.4, -0.2) is 42.1 Å². The van der Waals surface area contributed by atoms with Gasteiger partial charge in [-0.15, -0.1) is 0 Å². The normalized spacial score (nSPS) is 16.5. The second-order valence-electron chi connectivity index (χ2n) is 7.02. The van der Waals surface area contributed by atoms with Gasteiger partial charge in [-0.3, -0.25) is 4.98 Å². The number of carbonyl (C=O) groups excluding carboxylic acids is 1. The Balaban J connectivity index is 1.47. The van der Waals surface area contributed by atoms with Crippen molar-refractivity contribution in [1.29, 1.82) is 0 Å². The molecule has 0 unspecified atom stereocenters. The molecule has 3 aromatic rings. The number of para-hydroxylation sites is 2. The highest BCUT2D eigenvalue weighted by Crippen LogP contribution is 2.24. The minimum absolute atomic E-state index is 0.0443. The first kappa shape index (κ1) is 17.3. The van der Waals surface area contributed by atoms with Crippen LogP contribution < -0.4 is 10.2 Å². The van der Waals surface area contributed by atoms with Crippen molar-refractivity contribution in [3.63, 3.8) is 0 Å². The fourth-order valence-electron chi connectivity index (χ4n) is 3.79. The Morgan fingerprint density at radius 3 is 2.81 bits per heavy atom. The maximum atomic E-state index is 13.0. The van der Waals surface area contributed by atoms with E-state index < -0.39 is 0 Å². The summed E-state index contributed by atoms with van der Waals surface area (Å²) >= 11 is 0. The highest BCUT2D eigenvalue weighted by atomic mass is 16.2. The molecule has 1 aliphatic heterocycles. The van der Waals surface area contributed by atoms with Crippen molar-refractivity contribution in [2.75, 3.05) is 30.4 Å². The fraction of sp³-hybridized carbons (Fsp3) is 0.273. The summed E-state index contributed by atoms with van der Waals surface area (Å²) in [5, 5.41) is 4.10. The molecule has 1 saturated heterocycles. The molecule has 1 N–H and O–H groups in total. The summed E-state index contributed by atoms with van der Waals surface area (Å²) in [5.41, 5.74) is 2.76. The van der Waals surface area contributed by atoms with E-state index in [1.54, 1.807) is 6.20 Å². The summed E-state index contributed by atoms with van der Waals surface area (Å²) in [6, 6.07) is 20.2. The smallest absolute Gasteiger partial charge is 0.322 e. The second-order valence-corrected chi connectivity index (χ2v) is 7.02. The molecule has 1 atom stereocenters. The number of likely N-dealkylation sites (tertiary alicyclic amines) is 1. The lowest BCUT2D eigenvalue weighted by molar-refractivity contribution is 0.207. The number of carbonyl (C=O) groups is 1. The molecular weight excluding hydrogens is 336 g/mol. The summed E-state index contributed by atoms with van der Waals surface area (Å²) in [5.74, 6) is 0. The zero-order chi connectivity index (χ0) is 18.6. The number of anilines is 2. The quantitative estimate of drug-likeness (QED) is 0.752. The third kappa shape index (κ3) is 3.72. The highest BCUT2D eigenvalue weighted by Gasteiger charge is 2.30. The lowest BCUT2D eigenvalue weighted by atomic mass is 10.2. The Hall–Kier alpha value is -3.08. The van der Waals surface area contributed by atoms with Crippen molar-refractivity contribution >= 4 is 28.3 Å². The number of hydrogen-bond donors (Lipinski definition) is 1. The van der Waals surface area contributed by atoms with Crippen LogP contribution in [0.4, 0.5) is 16.2 Å². The van der Waals surface area contributed by atoms with Crippen molar-refractivity contribution in [1.82, 2.24) is 9.88 Å². The minimum Gasteiger partial charge on any atom is -0.373 e. The van der Waals surface area contributed by atoms with Crippen LogP contribution >= 0.6 is 0 Å². The van der Waals surface area contributed by atoms with E-state index in [-0.39, 0.29) is 12.1 Å². The third-order valence-electron chi connectivity index (χ3n) is 5.19. The lowest BCUT2D eigenvalue weighted by Crippen LogP contribution is -2.44. The van der Waals surface area contributed by atoms with Crippen molar-refractivity contribution in [3.05, 3.63) is 66.9 Å². The molecule has 1 fully saturated rings. The van der Waals surface area contributed by atoms with Gasteiger partial charge in [0.2, 0.25) is 0 Å². The molecule has 4 rings (SSSR count). The molecule has 0 saturated carbocycles. The second kappa shape index (κ2) is 7.66. The van der Waals surface area contributed by atoms with Crippen molar-refractivity contribution in [3.8, 4) is 0 Å². The molecule has 138 valence electrons. The van der Waals surface area contributed by atoms with E-state index in [4.69, 9.17) is 0 Å². The Labute approximate surface area is 159 Å². The minimum atomic E-state index is -0.0443. The maximum Gasteiger partial charge on any atom is 0.322 e. The predicted octanol–water partition coefficient (Wildman–Crippen LogP) is 4.37. The van der Waals surface area contributed by atoms with Gasteiger partial charge in [-0.25, -0.2) is 4.79 Å². The number of fused-ring (bicyclic) bond motifs is 1. The van der Waals surface area contributed by atoms with Gasteiger partial charge in [-0.2, -0.15) is 0 Å². The van der Waals surface area contributed by atoms with Gasteiger partial charge >= 0.3 is 6.03 Å². The molecule has 27 heavy (non-hydrogen) atoms. The number of nitrogens with one attached hydrogen (secondary N) is 1. The zero-order valence-corrected chi connectivity index (χ0v) is 15.5. The largest absolute Gasteiger partial charge is 0.373 e. The van der Waals surface area contributed by atoms with Crippen LogP contribution in [0.15, 0.2) is 66.9 Å². The van der Waals surface area contributed by atoms with Gasteiger partial charge in [0.15, 0.2) is 0 Å². The van der Waals surface area contributed by atoms with E-state index in [0.717, 1.165) is 42.5 Å². The number of urea groups is 1. The molecule has 0 spiro atoms. The summed E-state index contributed by atoms with van der Waals surface area (Å²) in [6.45, 7) is 1.61. The number of aromatic nitrogens is 1. The van der Waals surface area contributed by atoms with E-state index in [1.165, 1.54) is 5.69 Å². The molecule has 0 bridgehead atoms. The predicted molar refractivity (Wildman–Crippen MR) is 110 cm³/mol. The number of amides is 2. The van der Waals surface area contributed by atoms with Crippen LogP contribution in [-0.2, 0) is 0 Å². The van der Waals surface area contributed by atoms with Crippen LogP contribution in [0.1, 0.15) is 12.8 Å². The Kier molecular flexibility index (Phi) is 4.92.